The van der Waals surface area contributed by atoms with Crippen LogP contribution in [-0.4, -0.2) is 49.5 Å². The first-order chi connectivity index (χ1) is 12.1. The van der Waals surface area contributed by atoms with Crippen LogP contribution in [0.4, 0.5) is 0 Å². The normalized spacial score (nSPS) is 21.8. The monoisotopic (exact) mass is 401 g/mol. The first-order valence-corrected chi connectivity index (χ1v) is 9.14. The van der Waals surface area contributed by atoms with Crippen molar-refractivity contribution in [2.45, 2.75) is 19.3 Å². The molecule has 1 aromatic rings. The SMILES string of the molecule is Cl.NCCNC(=O)C1CCCN(C(=O)C2COc3ccc(Cl)cc3C2)C1. The molecule has 2 amide bonds. The predicted octanol–water partition coefficient (Wildman–Crippen LogP) is 1.63. The smallest absolute Gasteiger partial charge is 0.229 e. The quantitative estimate of drug-likeness (QED) is 0.802. The number of ether oxygens (including phenoxy) is 1. The fraction of sp³-hybridized carbons (Fsp3) is 0.556. The maximum absolute atomic E-state index is 12.9. The molecule has 1 fully saturated rings. The minimum atomic E-state index is -0.225. The molecule has 0 radical (unpaired) electrons. The number of nitrogens with one attached hydrogen (secondary N) is 1. The standard InChI is InChI=1S/C18H24ClN3O3.ClH/c19-15-3-4-16-13(9-15)8-14(11-25-16)18(24)22-7-1-2-12(10-22)17(23)21-6-5-20;/h3-4,9,12,14H,1-2,5-8,10-11,20H2,(H,21,23);1H. The van der Waals surface area contributed by atoms with Gasteiger partial charge in [-0.25, -0.2) is 0 Å². The molecule has 2 aliphatic rings. The van der Waals surface area contributed by atoms with E-state index in [0.29, 0.717) is 44.2 Å². The van der Waals surface area contributed by atoms with Crippen molar-refractivity contribution in [3.63, 3.8) is 0 Å². The van der Waals surface area contributed by atoms with Crippen molar-refractivity contribution >= 4 is 35.8 Å². The Bertz CT molecular complexity index is 657. The van der Waals surface area contributed by atoms with Gasteiger partial charge in [0.2, 0.25) is 11.8 Å². The number of nitrogens with zero attached hydrogens (tertiary/aromatic N) is 1. The van der Waals surface area contributed by atoms with Gasteiger partial charge in [-0.05, 0) is 43.0 Å². The van der Waals surface area contributed by atoms with Gasteiger partial charge in [0.1, 0.15) is 12.4 Å². The molecule has 0 bridgehead atoms. The lowest BCUT2D eigenvalue weighted by Gasteiger charge is -2.35. The Morgan fingerprint density at radius 2 is 2.15 bits per heavy atom. The van der Waals surface area contributed by atoms with E-state index in [0.717, 1.165) is 24.2 Å². The minimum absolute atomic E-state index is 0. The molecule has 0 spiro atoms. The summed E-state index contributed by atoms with van der Waals surface area (Å²) < 4.78 is 5.73. The van der Waals surface area contributed by atoms with Gasteiger partial charge >= 0.3 is 0 Å². The number of rotatable bonds is 4. The molecule has 2 heterocycles. The highest BCUT2D eigenvalue weighted by Gasteiger charge is 2.34. The van der Waals surface area contributed by atoms with Gasteiger partial charge < -0.3 is 20.7 Å². The lowest BCUT2D eigenvalue weighted by atomic mass is 9.92. The number of halogens is 2. The summed E-state index contributed by atoms with van der Waals surface area (Å²) in [7, 11) is 0. The van der Waals surface area contributed by atoms with Crippen LogP contribution in [0.25, 0.3) is 0 Å². The average molecular weight is 402 g/mol. The van der Waals surface area contributed by atoms with Gasteiger partial charge in [-0.1, -0.05) is 11.6 Å². The molecule has 26 heavy (non-hydrogen) atoms. The van der Waals surface area contributed by atoms with E-state index in [2.05, 4.69) is 5.32 Å². The highest BCUT2D eigenvalue weighted by atomic mass is 35.5. The number of benzene rings is 1. The summed E-state index contributed by atoms with van der Waals surface area (Å²) in [5.74, 6) is 0.459. The van der Waals surface area contributed by atoms with Crippen molar-refractivity contribution < 1.29 is 14.3 Å². The second-order valence-electron chi connectivity index (χ2n) is 6.67. The number of nitrogens with two attached hydrogens (primary N) is 1. The number of hydrogen-bond acceptors (Lipinski definition) is 4. The molecule has 0 saturated carbocycles. The summed E-state index contributed by atoms with van der Waals surface area (Å²) in [6.07, 6.45) is 2.26. The number of fused-ring (bicyclic) bond motifs is 1. The summed E-state index contributed by atoms with van der Waals surface area (Å²) in [5.41, 5.74) is 6.39. The zero-order chi connectivity index (χ0) is 17.8. The summed E-state index contributed by atoms with van der Waals surface area (Å²) in [6, 6.07) is 5.49. The molecule has 0 aliphatic carbocycles. The van der Waals surface area contributed by atoms with Gasteiger partial charge in [0.15, 0.2) is 0 Å². The lowest BCUT2D eigenvalue weighted by Crippen LogP contribution is -2.49. The van der Waals surface area contributed by atoms with Gasteiger partial charge in [-0.15, -0.1) is 12.4 Å². The number of likely N-dealkylation sites (tertiary alicyclic amines) is 1. The van der Waals surface area contributed by atoms with Gasteiger partial charge in [-0.3, -0.25) is 9.59 Å². The Labute approximate surface area is 164 Å². The lowest BCUT2D eigenvalue weighted by molar-refractivity contribution is -0.140. The van der Waals surface area contributed by atoms with Crippen LogP contribution in [0.2, 0.25) is 5.02 Å². The van der Waals surface area contributed by atoms with E-state index in [-0.39, 0.29) is 36.1 Å². The van der Waals surface area contributed by atoms with Crippen LogP contribution in [0.15, 0.2) is 18.2 Å². The molecule has 1 saturated heterocycles. The van der Waals surface area contributed by atoms with Crippen LogP contribution >= 0.6 is 24.0 Å². The molecule has 3 N–H and O–H groups in total. The maximum Gasteiger partial charge on any atom is 0.229 e. The third kappa shape index (κ3) is 4.81. The molecule has 8 heteroatoms. The van der Waals surface area contributed by atoms with Crippen LogP contribution < -0.4 is 15.8 Å². The van der Waals surface area contributed by atoms with Crippen molar-refractivity contribution in [3.05, 3.63) is 28.8 Å². The summed E-state index contributed by atoms with van der Waals surface area (Å²) >= 11 is 6.04. The third-order valence-corrected chi connectivity index (χ3v) is 5.06. The highest BCUT2D eigenvalue weighted by molar-refractivity contribution is 6.30. The fourth-order valence-electron chi connectivity index (χ4n) is 3.51. The van der Waals surface area contributed by atoms with Crippen LogP contribution in [0.5, 0.6) is 5.75 Å². The van der Waals surface area contributed by atoms with Crippen molar-refractivity contribution in [1.82, 2.24) is 10.2 Å². The van der Waals surface area contributed by atoms with E-state index in [1.165, 1.54) is 0 Å². The second kappa shape index (κ2) is 9.44. The van der Waals surface area contributed by atoms with E-state index in [1.807, 2.05) is 12.1 Å². The molecule has 1 aromatic carbocycles. The first kappa shape index (κ1) is 20.8. The number of hydrogen-bond donors (Lipinski definition) is 2. The minimum Gasteiger partial charge on any atom is -0.492 e. The Morgan fingerprint density at radius 3 is 2.92 bits per heavy atom. The van der Waals surface area contributed by atoms with E-state index >= 15 is 0 Å². The van der Waals surface area contributed by atoms with Gasteiger partial charge in [-0.2, -0.15) is 0 Å². The first-order valence-electron chi connectivity index (χ1n) is 8.76. The van der Waals surface area contributed by atoms with Crippen molar-refractivity contribution in [2.75, 3.05) is 32.8 Å². The van der Waals surface area contributed by atoms with Gasteiger partial charge in [0, 0.05) is 31.2 Å². The summed E-state index contributed by atoms with van der Waals surface area (Å²) in [6.45, 7) is 2.42. The van der Waals surface area contributed by atoms with Crippen molar-refractivity contribution in [1.29, 1.82) is 0 Å². The van der Waals surface area contributed by atoms with Crippen LogP contribution in [0.3, 0.4) is 0 Å². The third-order valence-electron chi connectivity index (χ3n) is 4.83. The molecule has 2 aliphatic heterocycles. The van der Waals surface area contributed by atoms with Crippen molar-refractivity contribution in [3.8, 4) is 5.75 Å². The zero-order valence-corrected chi connectivity index (χ0v) is 16.2. The predicted molar refractivity (Wildman–Crippen MR) is 103 cm³/mol. The van der Waals surface area contributed by atoms with Crippen LogP contribution in [0, 0.1) is 11.8 Å². The van der Waals surface area contributed by atoms with E-state index in [9.17, 15) is 9.59 Å². The molecule has 0 aromatic heterocycles. The Morgan fingerprint density at radius 1 is 1.35 bits per heavy atom. The number of carbonyl (C=O) groups is 2. The molecule has 3 rings (SSSR count). The Hall–Kier alpha value is -1.50. The number of amides is 2. The van der Waals surface area contributed by atoms with Crippen LogP contribution in [0.1, 0.15) is 18.4 Å². The fourth-order valence-corrected chi connectivity index (χ4v) is 3.71. The second-order valence-corrected chi connectivity index (χ2v) is 7.10. The van der Waals surface area contributed by atoms with E-state index in [1.54, 1.807) is 11.0 Å². The summed E-state index contributed by atoms with van der Waals surface area (Å²) in [4.78, 5) is 26.9. The zero-order valence-electron chi connectivity index (χ0n) is 14.6. The largest absolute Gasteiger partial charge is 0.492 e. The molecular weight excluding hydrogens is 377 g/mol. The maximum atomic E-state index is 12.9. The van der Waals surface area contributed by atoms with Gasteiger partial charge in [0.05, 0.1) is 11.8 Å². The molecule has 2 unspecified atom stereocenters. The molecule has 6 nitrogen and oxygen atoms in total. The van der Waals surface area contributed by atoms with Gasteiger partial charge in [0.25, 0.3) is 0 Å². The summed E-state index contributed by atoms with van der Waals surface area (Å²) in [5, 5.41) is 3.46. The highest BCUT2D eigenvalue weighted by Crippen LogP contribution is 2.31. The Balaban J connectivity index is 0.00000243. The number of carbonyl (C=O) groups excluding carboxylic acids is 2. The van der Waals surface area contributed by atoms with Crippen LogP contribution in [-0.2, 0) is 16.0 Å². The average Bonchev–Trinajstić information content (AvgIpc) is 2.65. The number of piperidine rings is 1. The topological polar surface area (TPSA) is 84.7 Å². The van der Waals surface area contributed by atoms with Crippen molar-refractivity contribution in [2.24, 2.45) is 17.6 Å². The molecular formula is C18H25Cl2N3O3. The van der Waals surface area contributed by atoms with E-state index in [4.69, 9.17) is 22.1 Å². The molecule has 144 valence electrons. The Kier molecular flexibility index (Phi) is 7.55. The van der Waals surface area contributed by atoms with E-state index < -0.39 is 0 Å². The molecule has 2 atom stereocenters.